The Morgan fingerprint density at radius 3 is 2.24 bits per heavy atom. The van der Waals surface area contributed by atoms with Gasteiger partial charge in [0.1, 0.15) is 0 Å². The van der Waals surface area contributed by atoms with Crippen LogP contribution in [0.25, 0.3) is 0 Å². The van der Waals surface area contributed by atoms with Crippen LogP contribution in [-0.2, 0) is 9.47 Å². The lowest BCUT2D eigenvalue weighted by Gasteiger charge is -2.19. The van der Waals surface area contributed by atoms with Crippen LogP contribution in [0, 0.1) is 5.41 Å². The van der Waals surface area contributed by atoms with Gasteiger partial charge < -0.3 is 14.8 Å². The van der Waals surface area contributed by atoms with Crippen LogP contribution >= 0.6 is 0 Å². The van der Waals surface area contributed by atoms with E-state index in [9.17, 15) is 0 Å². The second kappa shape index (κ2) is 8.06. The number of hydrogen-bond donors (Lipinski definition) is 1. The fourth-order valence-electron chi connectivity index (χ4n) is 2.38. The van der Waals surface area contributed by atoms with Crippen molar-refractivity contribution in [1.82, 2.24) is 5.32 Å². The van der Waals surface area contributed by atoms with E-state index in [1.807, 2.05) is 13.8 Å². The van der Waals surface area contributed by atoms with Crippen LogP contribution in [0.2, 0.25) is 0 Å². The van der Waals surface area contributed by atoms with Crippen LogP contribution in [0.5, 0.6) is 0 Å². The van der Waals surface area contributed by atoms with Gasteiger partial charge in [-0.05, 0) is 45.1 Å². The van der Waals surface area contributed by atoms with Crippen molar-refractivity contribution in [2.75, 3.05) is 26.3 Å². The summed E-state index contributed by atoms with van der Waals surface area (Å²) >= 11 is 0. The Bertz CT molecular complexity index is 187. The predicted octanol–water partition coefficient (Wildman–Crippen LogP) is 2.95. The maximum atomic E-state index is 5.52. The fraction of sp³-hybridized carbons (Fsp3) is 1.00. The molecule has 0 unspecified atom stereocenters. The van der Waals surface area contributed by atoms with Crippen molar-refractivity contribution in [1.29, 1.82) is 0 Å². The molecule has 1 rings (SSSR count). The minimum atomic E-state index is -0.0289. The van der Waals surface area contributed by atoms with Gasteiger partial charge in [0.05, 0.1) is 0 Å². The van der Waals surface area contributed by atoms with Gasteiger partial charge in [-0.2, -0.15) is 0 Å². The molecule has 102 valence electrons. The van der Waals surface area contributed by atoms with Crippen LogP contribution in [0.1, 0.15) is 52.9 Å². The monoisotopic (exact) mass is 243 g/mol. The molecule has 1 aliphatic carbocycles. The zero-order valence-electron chi connectivity index (χ0n) is 11.8. The van der Waals surface area contributed by atoms with Crippen LogP contribution < -0.4 is 5.32 Å². The van der Waals surface area contributed by atoms with Gasteiger partial charge in [0.2, 0.25) is 0 Å². The average molecular weight is 243 g/mol. The molecule has 0 heterocycles. The van der Waals surface area contributed by atoms with E-state index in [-0.39, 0.29) is 6.29 Å². The van der Waals surface area contributed by atoms with Crippen molar-refractivity contribution in [2.24, 2.45) is 5.41 Å². The molecular weight excluding hydrogens is 214 g/mol. The summed E-state index contributed by atoms with van der Waals surface area (Å²) in [6.45, 7) is 9.93. The van der Waals surface area contributed by atoms with Gasteiger partial charge >= 0.3 is 0 Å². The summed E-state index contributed by atoms with van der Waals surface area (Å²) < 4.78 is 11.0. The topological polar surface area (TPSA) is 30.5 Å². The van der Waals surface area contributed by atoms with Crippen molar-refractivity contribution in [3.63, 3.8) is 0 Å². The maximum absolute atomic E-state index is 5.52. The average Bonchev–Trinajstić information content (AvgIpc) is 3.06. The highest BCUT2D eigenvalue weighted by molar-refractivity contribution is 4.94. The van der Waals surface area contributed by atoms with E-state index in [4.69, 9.17) is 9.47 Å². The SMILES string of the molecule is CCCC1(CNCCC(OCC)OCC)CC1. The fourth-order valence-corrected chi connectivity index (χ4v) is 2.38. The molecule has 0 atom stereocenters. The van der Waals surface area contributed by atoms with Crippen molar-refractivity contribution in [3.05, 3.63) is 0 Å². The molecular formula is C14H29NO2. The smallest absolute Gasteiger partial charge is 0.158 e. The lowest BCUT2D eigenvalue weighted by Crippen LogP contribution is -2.29. The molecule has 17 heavy (non-hydrogen) atoms. The lowest BCUT2D eigenvalue weighted by molar-refractivity contribution is -0.138. The molecule has 0 aromatic heterocycles. The first-order valence-corrected chi connectivity index (χ1v) is 7.20. The highest BCUT2D eigenvalue weighted by Gasteiger charge is 2.40. The summed E-state index contributed by atoms with van der Waals surface area (Å²) in [5.41, 5.74) is 0.640. The number of hydrogen-bond acceptors (Lipinski definition) is 3. The van der Waals surface area contributed by atoms with Gasteiger partial charge in [0, 0.05) is 26.2 Å². The third-order valence-corrected chi connectivity index (χ3v) is 3.50. The maximum Gasteiger partial charge on any atom is 0.158 e. The van der Waals surface area contributed by atoms with E-state index in [0.29, 0.717) is 5.41 Å². The van der Waals surface area contributed by atoms with Crippen LogP contribution in [0.4, 0.5) is 0 Å². The Hall–Kier alpha value is -0.120. The summed E-state index contributed by atoms with van der Waals surface area (Å²) in [6, 6.07) is 0. The van der Waals surface area contributed by atoms with Gasteiger partial charge in [0.25, 0.3) is 0 Å². The zero-order valence-corrected chi connectivity index (χ0v) is 11.8. The Morgan fingerprint density at radius 1 is 1.12 bits per heavy atom. The lowest BCUT2D eigenvalue weighted by atomic mass is 10.0. The molecule has 0 aromatic carbocycles. The molecule has 0 spiro atoms. The minimum Gasteiger partial charge on any atom is -0.353 e. The van der Waals surface area contributed by atoms with Crippen molar-refractivity contribution in [3.8, 4) is 0 Å². The van der Waals surface area contributed by atoms with Gasteiger partial charge in [-0.3, -0.25) is 0 Å². The van der Waals surface area contributed by atoms with Gasteiger partial charge in [-0.15, -0.1) is 0 Å². The van der Waals surface area contributed by atoms with Gasteiger partial charge in [-0.1, -0.05) is 13.3 Å². The van der Waals surface area contributed by atoms with E-state index in [1.54, 1.807) is 0 Å². The summed E-state index contributed by atoms with van der Waals surface area (Å²) in [5, 5.41) is 3.56. The molecule has 0 aromatic rings. The summed E-state index contributed by atoms with van der Waals surface area (Å²) in [6.07, 6.45) is 6.42. The number of ether oxygens (including phenoxy) is 2. The zero-order chi connectivity index (χ0) is 12.6. The number of nitrogens with one attached hydrogen (secondary N) is 1. The minimum absolute atomic E-state index is 0.0289. The Balaban J connectivity index is 2.05. The molecule has 1 saturated carbocycles. The van der Waals surface area contributed by atoms with E-state index >= 15 is 0 Å². The van der Waals surface area contributed by atoms with Gasteiger partial charge in [-0.25, -0.2) is 0 Å². The number of rotatable bonds is 11. The van der Waals surface area contributed by atoms with Crippen molar-refractivity contribution in [2.45, 2.75) is 59.2 Å². The van der Waals surface area contributed by atoms with E-state index in [1.165, 1.54) is 32.2 Å². The third-order valence-electron chi connectivity index (χ3n) is 3.50. The molecule has 1 N–H and O–H groups in total. The molecule has 0 aliphatic heterocycles. The molecule has 3 nitrogen and oxygen atoms in total. The molecule has 0 amide bonds. The largest absolute Gasteiger partial charge is 0.353 e. The quantitative estimate of drug-likeness (QED) is 0.447. The van der Waals surface area contributed by atoms with Crippen LogP contribution in [-0.4, -0.2) is 32.6 Å². The first kappa shape index (κ1) is 14.9. The van der Waals surface area contributed by atoms with Crippen LogP contribution in [0.15, 0.2) is 0 Å². The standard InChI is InChI=1S/C14H29NO2/c1-4-8-14(9-10-14)12-15-11-7-13(16-5-2)17-6-3/h13,15H,4-12H2,1-3H3. The molecule has 0 saturated heterocycles. The molecule has 3 heteroatoms. The normalized spacial score (nSPS) is 17.6. The first-order chi connectivity index (χ1) is 8.26. The van der Waals surface area contributed by atoms with E-state index in [0.717, 1.165) is 26.2 Å². The van der Waals surface area contributed by atoms with Gasteiger partial charge in [0.15, 0.2) is 6.29 Å². The second-order valence-corrected chi connectivity index (χ2v) is 5.06. The Morgan fingerprint density at radius 2 is 1.76 bits per heavy atom. The summed E-state index contributed by atoms with van der Waals surface area (Å²) in [4.78, 5) is 0. The predicted molar refractivity (Wildman–Crippen MR) is 71.1 cm³/mol. The highest BCUT2D eigenvalue weighted by atomic mass is 16.7. The molecule has 0 radical (unpaired) electrons. The molecule has 0 bridgehead atoms. The van der Waals surface area contributed by atoms with Crippen molar-refractivity contribution < 1.29 is 9.47 Å². The van der Waals surface area contributed by atoms with E-state index < -0.39 is 0 Å². The summed E-state index contributed by atoms with van der Waals surface area (Å²) in [5.74, 6) is 0. The molecule has 1 fully saturated rings. The third kappa shape index (κ3) is 5.84. The second-order valence-electron chi connectivity index (χ2n) is 5.06. The van der Waals surface area contributed by atoms with Crippen LogP contribution in [0.3, 0.4) is 0 Å². The highest BCUT2D eigenvalue weighted by Crippen LogP contribution is 2.48. The molecule has 1 aliphatic rings. The Labute approximate surface area is 106 Å². The summed E-state index contributed by atoms with van der Waals surface area (Å²) in [7, 11) is 0. The van der Waals surface area contributed by atoms with E-state index in [2.05, 4.69) is 12.2 Å². The van der Waals surface area contributed by atoms with Crippen molar-refractivity contribution >= 4 is 0 Å². The first-order valence-electron chi connectivity index (χ1n) is 7.20. The Kier molecular flexibility index (Phi) is 7.09.